The van der Waals surface area contributed by atoms with Gasteiger partial charge in [0.15, 0.2) is 0 Å². The highest BCUT2D eigenvalue weighted by atomic mass is 16.3. The number of phenolic OH excluding ortho intramolecular Hbond substituents is 1. The molecular formula is C26H34N4O3. The lowest BCUT2D eigenvalue weighted by molar-refractivity contribution is -0.149. The van der Waals surface area contributed by atoms with Crippen LogP contribution in [0.3, 0.4) is 0 Å². The second kappa shape index (κ2) is 7.57. The average molecular weight is 451 g/mol. The lowest BCUT2D eigenvalue weighted by Gasteiger charge is -2.61. The number of aryl methyl sites for hydroxylation is 1. The van der Waals surface area contributed by atoms with Crippen molar-refractivity contribution >= 4 is 5.91 Å². The van der Waals surface area contributed by atoms with E-state index >= 15 is 0 Å². The Balaban J connectivity index is 1.34. The molecular weight excluding hydrogens is 416 g/mol. The Kier molecular flexibility index (Phi) is 4.86. The van der Waals surface area contributed by atoms with Gasteiger partial charge in [-0.05, 0) is 86.7 Å². The van der Waals surface area contributed by atoms with Crippen LogP contribution in [-0.2, 0) is 23.2 Å². The zero-order valence-electron chi connectivity index (χ0n) is 19.4. The summed E-state index contributed by atoms with van der Waals surface area (Å²) >= 11 is 0. The maximum Gasteiger partial charge on any atom is 0.244 e. The number of hydrogen-bond acceptors (Lipinski definition) is 5. The van der Waals surface area contributed by atoms with Crippen LogP contribution < -0.4 is 0 Å². The Hall–Kier alpha value is -2.38. The molecule has 1 aromatic carbocycles. The highest BCUT2D eigenvalue weighted by Gasteiger charge is 2.63. The van der Waals surface area contributed by atoms with Crippen LogP contribution in [0.5, 0.6) is 5.75 Å². The van der Waals surface area contributed by atoms with E-state index in [2.05, 4.69) is 10.00 Å². The number of hydrogen-bond donors (Lipinski definition) is 2. The summed E-state index contributed by atoms with van der Waals surface area (Å²) in [5.41, 5.74) is 2.05. The number of piperidine rings is 1. The van der Waals surface area contributed by atoms with E-state index in [9.17, 15) is 15.0 Å². The molecule has 0 spiro atoms. The molecule has 1 aromatic heterocycles. The average Bonchev–Trinajstić information content (AvgIpc) is 3.53. The summed E-state index contributed by atoms with van der Waals surface area (Å²) in [5, 5.41) is 27.1. The molecule has 176 valence electrons. The largest absolute Gasteiger partial charge is 0.508 e. The molecule has 3 atom stereocenters. The fraction of sp³-hybridized carbons (Fsp3) is 0.615. The number of benzene rings is 1. The van der Waals surface area contributed by atoms with Gasteiger partial charge in [-0.1, -0.05) is 6.07 Å². The summed E-state index contributed by atoms with van der Waals surface area (Å²) in [6.07, 6.45) is 9.22. The molecule has 2 aliphatic carbocycles. The SMILES string of the molecule is Cc1cnn(CC(=O)N2CC[C@]34CCN(CC5CC5)[C@H](Cc5ccc(O)cc53)[C@]4(O)CC2)c1. The molecule has 0 unspecified atom stereocenters. The Bertz CT molecular complexity index is 1080. The Morgan fingerprint density at radius 3 is 2.73 bits per heavy atom. The highest BCUT2D eigenvalue weighted by Crippen LogP contribution is 2.56. The van der Waals surface area contributed by atoms with Crippen molar-refractivity contribution in [3.8, 4) is 5.75 Å². The smallest absolute Gasteiger partial charge is 0.244 e. The second-order valence-corrected chi connectivity index (χ2v) is 10.9. The molecule has 7 heteroatoms. The number of amides is 1. The van der Waals surface area contributed by atoms with E-state index in [-0.39, 0.29) is 24.2 Å². The number of rotatable bonds is 4. The predicted molar refractivity (Wildman–Crippen MR) is 124 cm³/mol. The van der Waals surface area contributed by atoms with Crippen LogP contribution in [0, 0.1) is 12.8 Å². The molecule has 2 aromatic rings. The number of fused-ring (bicyclic) bond motifs is 1. The minimum absolute atomic E-state index is 0.0530. The molecule has 3 heterocycles. The van der Waals surface area contributed by atoms with Gasteiger partial charge in [0.2, 0.25) is 5.91 Å². The van der Waals surface area contributed by atoms with Gasteiger partial charge in [0.1, 0.15) is 12.3 Å². The number of nitrogens with zero attached hydrogens (tertiary/aromatic N) is 4. The topological polar surface area (TPSA) is 81.8 Å². The Labute approximate surface area is 195 Å². The number of aromatic nitrogens is 2. The number of likely N-dealkylation sites (tertiary alicyclic amines) is 2. The van der Waals surface area contributed by atoms with E-state index in [1.54, 1.807) is 16.9 Å². The highest BCUT2D eigenvalue weighted by molar-refractivity contribution is 5.76. The van der Waals surface area contributed by atoms with Crippen LogP contribution >= 0.6 is 0 Å². The van der Waals surface area contributed by atoms with E-state index in [0.717, 1.165) is 49.4 Å². The number of phenols is 1. The quantitative estimate of drug-likeness (QED) is 0.747. The number of carbonyl (C=O) groups excluding carboxylic acids is 1. The van der Waals surface area contributed by atoms with Gasteiger partial charge >= 0.3 is 0 Å². The predicted octanol–water partition coefficient (Wildman–Crippen LogP) is 2.23. The molecule has 1 amide bonds. The first kappa shape index (κ1) is 21.2. The van der Waals surface area contributed by atoms with Crippen LogP contribution in [0.25, 0.3) is 0 Å². The molecule has 4 aliphatic rings. The maximum atomic E-state index is 13.2. The number of aromatic hydroxyl groups is 1. The zero-order valence-corrected chi connectivity index (χ0v) is 19.4. The van der Waals surface area contributed by atoms with E-state index in [1.165, 1.54) is 18.4 Å². The van der Waals surface area contributed by atoms with Gasteiger partial charge in [-0.2, -0.15) is 5.10 Å². The third-order valence-corrected chi connectivity index (χ3v) is 8.84. The van der Waals surface area contributed by atoms with E-state index in [4.69, 9.17) is 0 Å². The van der Waals surface area contributed by atoms with Crippen molar-refractivity contribution in [1.82, 2.24) is 19.6 Å². The number of aliphatic hydroxyl groups is 1. The lowest BCUT2D eigenvalue weighted by atomic mass is 9.52. The molecule has 2 saturated heterocycles. The van der Waals surface area contributed by atoms with Gasteiger partial charge in [0.05, 0.1) is 11.8 Å². The van der Waals surface area contributed by atoms with Gasteiger partial charge in [0, 0.05) is 37.3 Å². The fourth-order valence-corrected chi connectivity index (χ4v) is 6.91. The zero-order chi connectivity index (χ0) is 22.8. The monoisotopic (exact) mass is 450 g/mol. The third-order valence-electron chi connectivity index (χ3n) is 8.84. The van der Waals surface area contributed by atoms with Crippen molar-refractivity contribution in [2.45, 2.75) is 69.1 Å². The first-order valence-electron chi connectivity index (χ1n) is 12.4. The van der Waals surface area contributed by atoms with Gasteiger partial charge in [0.25, 0.3) is 0 Å². The van der Waals surface area contributed by atoms with Gasteiger partial charge < -0.3 is 15.1 Å². The molecule has 2 bridgehead atoms. The summed E-state index contributed by atoms with van der Waals surface area (Å²) in [6.45, 7) is 5.41. The molecule has 2 N–H and O–H groups in total. The van der Waals surface area contributed by atoms with Crippen molar-refractivity contribution in [3.05, 3.63) is 47.3 Å². The van der Waals surface area contributed by atoms with Crippen molar-refractivity contribution in [2.24, 2.45) is 5.92 Å². The molecule has 2 aliphatic heterocycles. The van der Waals surface area contributed by atoms with E-state index in [1.807, 2.05) is 30.2 Å². The number of carbonyl (C=O) groups is 1. The Morgan fingerprint density at radius 2 is 1.97 bits per heavy atom. The first-order valence-corrected chi connectivity index (χ1v) is 12.4. The summed E-state index contributed by atoms with van der Waals surface area (Å²) in [6, 6.07) is 5.77. The Morgan fingerprint density at radius 1 is 1.18 bits per heavy atom. The fourth-order valence-electron chi connectivity index (χ4n) is 6.91. The lowest BCUT2D eigenvalue weighted by Crippen LogP contribution is -2.71. The van der Waals surface area contributed by atoms with Gasteiger partial charge in [-0.3, -0.25) is 14.4 Å². The van der Waals surface area contributed by atoms with Gasteiger partial charge in [-0.15, -0.1) is 0 Å². The van der Waals surface area contributed by atoms with Crippen LogP contribution in [0.15, 0.2) is 30.6 Å². The van der Waals surface area contributed by atoms with Gasteiger partial charge in [-0.25, -0.2) is 0 Å². The van der Waals surface area contributed by atoms with E-state index < -0.39 is 11.0 Å². The first-order chi connectivity index (χ1) is 15.9. The maximum absolute atomic E-state index is 13.2. The van der Waals surface area contributed by atoms with Crippen molar-refractivity contribution in [2.75, 3.05) is 26.2 Å². The van der Waals surface area contributed by atoms with Crippen molar-refractivity contribution < 1.29 is 15.0 Å². The molecule has 3 fully saturated rings. The van der Waals surface area contributed by atoms with Crippen LogP contribution in [0.2, 0.25) is 0 Å². The summed E-state index contributed by atoms with van der Waals surface area (Å²) in [5.74, 6) is 1.08. The summed E-state index contributed by atoms with van der Waals surface area (Å²) in [7, 11) is 0. The van der Waals surface area contributed by atoms with Crippen LogP contribution in [-0.4, -0.2) is 73.5 Å². The van der Waals surface area contributed by atoms with Crippen LogP contribution in [0.1, 0.15) is 48.8 Å². The van der Waals surface area contributed by atoms with E-state index in [0.29, 0.717) is 19.5 Å². The third kappa shape index (κ3) is 3.39. The van der Waals surface area contributed by atoms with Crippen molar-refractivity contribution in [1.29, 1.82) is 0 Å². The molecule has 1 saturated carbocycles. The molecule has 0 radical (unpaired) electrons. The molecule has 7 nitrogen and oxygen atoms in total. The second-order valence-electron chi connectivity index (χ2n) is 10.9. The summed E-state index contributed by atoms with van der Waals surface area (Å²) < 4.78 is 1.70. The molecule has 33 heavy (non-hydrogen) atoms. The van der Waals surface area contributed by atoms with Crippen LogP contribution in [0.4, 0.5) is 0 Å². The normalized spacial score (nSPS) is 31.6. The molecule has 6 rings (SSSR count). The minimum Gasteiger partial charge on any atom is -0.508 e. The standard InChI is InChI=1S/C26H34N4O3/c1-18-14-27-30(15-18)17-24(32)28-9-6-25-7-10-29(16-19-2-3-19)23(26(25,33)8-11-28)12-20-4-5-21(31)13-22(20)25/h4-5,13-15,19,23,31,33H,2-3,6-12,16-17H2,1H3/t23-,25+,26-/m1/s1. The van der Waals surface area contributed by atoms with Crippen molar-refractivity contribution in [3.63, 3.8) is 0 Å². The minimum atomic E-state index is -0.905. The summed E-state index contributed by atoms with van der Waals surface area (Å²) in [4.78, 5) is 17.6.